The number of hydrogen-bond donors (Lipinski definition) is 0. The first kappa shape index (κ1) is 18.4. The lowest BCUT2D eigenvalue weighted by atomic mass is 9.76. The van der Waals surface area contributed by atoms with Gasteiger partial charge in [0, 0.05) is 5.92 Å². The van der Waals surface area contributed by atoms with E-state index < -0.39 is 5.60 Å². The van der Waals surface area contributed by atoms with Crippen molar-refractivity contribution >= 4 is 23.2 Å². The Bertz CT molecular complexity index is 732. The van der Waals surface area contributed by atoms with Gasteiger partial charge in [-0.2, -0.15) is 0 Å². The second kappa shape index (κ2) is 6.73. The van der Waals surface area contributed by atoms with Crippen molar-refractivity contribution < 1.29 is 18.7 Å². The molecule has 2 aliphatic rings. The number of allylic oxidation sites excluding steroid dienone is 2. The number of ether oxygens (including phenoxy) is 1. The smallest absolute Gasteiger partial charge is 0.203 e. The molecule has 0 aromatic carbocycles. The Morgan fingerprint density at radius 2 is 2.08 bits per heavy atom. The van der Waals surface area contributed by atoms with Gasteiger partial charge in [-0.25, -0.2) is 0 Å². The van der Waals surface area contributed by atoms with Crippen LogP contribution >= 0.6 is 11.6 Å². The summed E-state index contributed by atoms with van der Waals surface area (Å²) in [7, 11) is 0. The summed E-state index contributed by atoms with van der Waals surface area (Å²) in [5.74, 6) is -0.237. The van der Waals surface area contributed by atoms with Crippen molar-refractivity contribution in [2.45, 2.75) is 65.1 Å². The van der Waals surface area contributed by atoms with Crippen molar-refractivity contribution in [2.24, 2.45) is 11.8 Å². The summed E-state index contributed by atoms with van der Waals surface area (Å²) in [6.45, 7) is 7.65. The van der Waals surface area contributed by atoms with E-state index in [1.807, 2.05) is 27.7 Å². The summed E-state index contributed by atoms with van der Waals surface area (Å²) in [5, 5.41) is 0.361. The lowest BCUT2D eigenvalue weighted by Gasteiger charge is -2.36. The summed E-state index contributed by atoms with van der Waals surface area (Å²) in [6, 6.07) is 1.75. The molecule has 1 aromatic rings. The second-order valence-electron chi connectivity index (χ2n) is 7.70. The molecule has 1 aromatic heterocycles. The van der Waals surface area contributed by atoms with E-state index in [4.69, 9.17) is 20.8 Å². The van der Waals surface area contributed by atoms with Gasteiger partial charge in [-0.05, 0) is 58.1 Å². The molecule has 0 bridgehead atoms. The van der Waals surface area contributed by atoms with Gasteiger partial charge in [0.25, 0.3) is 0 Å². The van der Waals surface area contributed by atoms with E-state index in [2.05, 4.69) is 0 Å². The van der Waals surface area contributed by atoms with Gasteiger partial charge in [-0.3, -0.25) is 9.59 Å². The highest BCUT2D eigenvalue weighted by atomic mass is 35.5. The summed E-state index contributed by atoms with van der Waals surface area (Å²) < 4.78 is 11.6. The zero-order valence-corrected chi connectivity index (χ0v) is 16.0. The average molecular weight is 365 g/mol. The first-order chi connectivity index (χ1) is 11.7. The van der Waals surface area contributed by atoms with E-state index >= 15 is 0 Å². The Balaban J connectivity index is 1.72. The highest BCUT2D eigenvalue weighted by Crippen LogP contribution is 2.45. The van der Waals surface area contributed by atoms with E-state index in [0.29, 0.717) is 10.8 Å². The van der Waals surface area contributed by atoms with E-state index in [9.17, 15) is 9.59 Å². The Morgan fingerprint density at radius 1 is 1.36 bits per heavy atom. The molecule has 0 radical (unpaired) electrons. The van der Waals surface area contributed by atoms with Gasteiger partial charge in [0.1, 0.15) is 0 Å². The number of carbonyl (C=O) groups is 2. The zero-order chi connectivity index (χ0) is 18.4. The predicted molar refractivity (Wildman–Crippen MR) is 95.7 cm³/mol. The molecule has 0 amide bonds. The number of furan rings is 1. The van der Waals surface area contributed by atoms with Crippen molar-refractivity contribution in [3.63, 3.8) is 0 Å². The molecule has 0 N–H and O–H groups in total. The third kappa shape index (κ3) is 3.34. The number of aryl methyl sites for hydroxylation is 1. The first-order valence-electron chi connectivity index (χ1n) is 8.89. The summed E-state index contributed by atoms with van der Waals surface area (Å²) in [6.07, 6.45) is 4.46. The van der Waals surface area contributed by atoms with Gasteiger partial charge in [0.2, 0.25) is 5.78 Å². The predicted octanol–water partition coefficient (Wildman–Crippen LogP) is 4.84. The molecule has 4 nitrogen and oxygen atoms in total. The largest absolute Gasteiger partial charge is 0.461 e. The van der Waals surface area contributed by atoms with Crippen LogP contribution in [0.1, 0.15) is 62.6 Å². The van der Waals surface area contributed by atoms with Crippen LogP contribution in [0.4, 0.5) is 0 Å². The molecule has 136 valence electrons. The molecule has 1 fully saturated rings. The van der Waals surface area contributed by atoms with Crippen LogP contribution in [0.15, 0.2) is 27.4 Å². The molecule has 1 aliphatic carbocycles. The third-order valence-corrected chi connectivity index (χ3v) is 6.25. The molecule has 1 aliphatic heterocycles. The summed E-state index contributed by atoms with van der Waals surface area (Å²) in [5.41, 5.74) is 1.33. The van der Waals surface area contributed by atoms with Gasteiger partial charge >= 0.3 is 0 Å². The highest BCUT2D eigenvalue weighted by molar-refractivity contribution is 6.43. The third-order valence-electron chi connectivity index (χ3n) is 5.74. The second-order valence-corrected chi connectivity index (χ2v) is 8.08. The lowest BCUT2D eigenvalue weighted by molar-refractivity contribution is -0.134. The maximum atomic E-state index is 12.6. The molecule has 1 saturated heterocycles. The Morgan fingerprint density at radius 3 is 2.72 bits per heavy atom. The van der Waals surface area contributed by atoms with Crippen LogP contribution in [-0.4, -0.2) is 23.3 Å². The minimum atomic E-state index is -0.559. The standard InChI is InChI=1S/C20H25ClO4/c1-11-9-16(24-10-11)18(22)13(3)15-7-8-20(4,25-15)14-6-5-12(2)17(21)19(14)23/h9-10,13-15H,5-8H2,1-4H3/t13-,14-,15-,20-/m0/s1. The molecule has 25 heavy (non-hydrogen) atoms. The Labute approximate surface area is 153 Å². The molecule has 0 unspecified atom stereocenters. The van der Waals surface area contributed by atoms with Crippen LogP contribution in [0.3, 0.4) is 0 Å². The van der Waals surface area contributed by atoms with Crippen LogP contribution in [-0.2, 0) is 9.53 Å². The van der Waals surface area contributed by atoms with E-state index in [1.54, 1.807) is 12.3 Å². The van der Waals surface area contributed by atoms with E-state index in [-0.39, 0.29) is 29.5 Å². The normalized spacial score (nSPS) is 31.5. The Kier molecular flexibility index (Phi) is 4.95. The van der Waals surface area contributed by atoms with Gasteiger partial charge in [0.15, 0.2) is 11.5 Å². The molecule has 0 spiro atoms. The minimum Gasteiger partial charge on any atom is -0.461 e. The first-order valence-corrected chi connectivity index (χ1v) is 9.27. The highest BCUT2D eigenvalue weighted by Gasteiger charge is 2.49. The monoisotopic (exact) mass is 364 g/mol. The van der Waals surface area contributed by atoms with Crippen LogP contribution in [0.5, 0.6) is 0 Å². The quantitative estimate of drug-likeness (QED) is 0.717. The minimum absolute atomic E-state index is 0.0193. The average Bonchev–Trinajstić information content (AvgIpc) is 3.18. The van der Waals surface area contributed by atoms with Gasteiger partial charge in [-0.1, -0.05) is 24.1 Å². The molecule has 5 heteroatoms. The number of hydrogen-bond acceptors (Lipinski definition) is 4. The van der Waals surface area contributed by atoms with Gasteiger partial charge in [0.05, 0.1) is 28.9 Å². The van der Waals surface area contributed by atoms with E-state index in [1.165, 1.54) is 0 Å². The van der Waals surface area contributed by atoms with Crippen LogP contribution in [0.2, 0.25) is 0 Å². The van der Waals surface area contributed by atoms with Gasteiger partial charge in [-0.15, -0.1) is 0 Å². The summed E-state index contributed by atoms with van der Waals surface area (Å²) in [4.78, 5) is 25.2. The number of Topliss-reactive ketones (excluding diaryl/α,β-unsaturated/α-hetero) is 2. The van der Waals surface area contributed by atoms with Crippen molar-refractivity contribution in [3.8, 4) is 0 Å². The van der Waals surface area contributed by atoms with E-state index in [0.717, 1.165) is 36.8 Å². The fraction of sp³-hybridized carbons (Fsp3) is 0.600. The fourth-order valence-electron chi connectivity index (χ4n) is 4.00. The van der Waals surface area contributed by atoms with Crippen LogP contribution < -0.4 is 0 Å². The maximum Gasteiger partial charge on any atom is 0.203 e. The molecular weight excluding hydrogens is 340 g/mol. The van der Waals surface area contributed by atoms with Crippen molar-refractivity contribution in [1.82, 2.24) is 0 Å². The summed E-state index contributed by atoms with van der Waals surface area (Å²) >= 11 is 6.19. The topological polar surface area (TPSA) is 56.5 Å². The lowest BCUT2D eigenvalue weighted by Crippen LogP contribution is -2.42. The fourth-order valence-corrected chi connectivity index (χ4v) is 4.23. The molecule has 0 saturated carbocycles. The number of ketones is 2. The number of rotatable bonds is 4. The van der Waals surface area contributed by atoms with Gasteiger partial charge < -0.3 is 9.15 Å². The Hall–Kier alpha value is -1.39. The van der Waals surface area contributed by atoms with Crippen LogP contribution in [0, 0.1) is 18.8 Å². The molecular formula is C20H25ClO4. The molecule has 4 atom stereocenters. The van der Waals surface area contributed by atoms with Crippen molar-refractivity contribution in [3.05, 3.63) is 34.3 Å². The zero-order valence-electron chi connectivity index (χ0n) is 15.2. The SMILES string of the molecule is CC1=C(Cl)C(=O)[C@@H]([C@]2(C)CC[C@@H]([C@H](C)C(=O)c3cc(C)co3)O2)CC1. The van der Waals surface area contributed by atoms with Crippen LogP contribution in [0.25, 0.3) is 0 Å². The molecule has 3 rings (SSSR count). The maximum absolute atomic E-state index is 12.6. The number of carbonyl (C=O) groups excluding carboxylic acids is 2. The van der Waals surface area contributed by atoms with Crippen molar-refractivity contribution in [2.75, 3.05) is 0 Å². The van der Waals surface area contributed by atoms with Crippen molar-refractivity contribution in [1.29, 1.82) is 0 Å². The molecule has 2 heterocycles. The number of halogens is 1.